The van der Waals surface area contributed by atoms with Gasteiger partial charge in [-0.25, -0.2) is 0 Å². The lowest BCUT2D eigenvalue weighted by molar-refractivity contribution is -0.137. The van der Waals surface area contributed by atoms with Crippen molar-refractivity contribution in [3.8, 4) is 22.8 Å². The zero-order valence-electron chi connectivity index (χ0n) is 14.0. The molecule has 4 rings (SSSR count). The number of hydrogen-bond donors (Lipinski definition) is 0. The Morgan fingerprint density at radius 3 is 2.38 bits per heavy atom. The van der Waals surface area contributed by atoms with Crippen LogP contribution in [0.4, 0.5) is 13.2 Å². The summed E-state index contributed by atoms with van der Waals surface area (Å²) in [5.74, 6) is 1.43. The van der Waals surface area contributed by atoms with E-state index in [4.69, 9.17) is 9.47 Å². The molecule has 2 aromatic carbocycles. The van der Waals surface area contributed by atoms with Crippen LogP contribution >= 0.6 is 0 Å². The summed E-state index contributed by atoms with van der Waals surface area (Å²) >= 11 is 0. The molecule has 0 amide bonds. The lowest BCUT2D eigenvalue weighted by Crippen LogP contribution is -2.05. The van der Waals surface area contributed by atoms with Crippen LogP contribution in [-0.2, 0) is 12.7 Å². The van der Waals surface area contributed by atoms with Gasteiger partial charge in [0, 0.05) is 17.9 Å². The van der Waals surface area contributed by atoms with Crippen molar-refractivity contribution in [1.29, 1.82) is 0 Å². The molecule has 2 heterocycles. The maximum absolute atomic E-state index is 12.8. The van der Waals surface area contributed by atoms with Crippen LogP contribution in [0.3, 0.4) is 0 Å². The standard InChI is InChI=1S/C20H16F3NO2/c1-13-2-8-17(15-4-6-16(7-5-15)20(21,22)23)24(13)11-14-3-9-18-19(10-14)26-12-25-18/h2-10H,11-12H2,1H3. The van der Waals surface area contributed by atoms with Gasteiger partial charge < -0.3 is 14.0 Å². The number of rotatable bonds is 3. The van der Waals surface area contributed by atoms with E-state index in [1.54, 1.807) is 0 Å². The van der Waals surface area contributed by atoms with Gasteiger partial charge in [-0.2, -0.15) is 13.2 Å². The second-order valence-electron chi connectivity index (χ2n) is 6.21. The molecule has 0 N–H and O–H groups in total. The molecular formula is C20H16F3NO2. The fourth-order valence-electron chi connectivity index (χ4n) is 3.08. The summed E-state index contributed by atoms with van der Waals surface area (Å²) in [5.41, 5.74) is 3.02. The highest BCUT2D eigenvalue weighted by molar-refractivity contribution is 5.62. The van der Waals surface area contributed by atoms with E-state index in [2.05, 4.69) is 4.57 Å². The maximum atomic E-state index is 12.8. The molecule has 26 heavy (non-hydrogen) atoms. The van der Waals surface area contributed by atoms with Crippen LogP contribution in [0.25, 0.3) is 11.3 Å². The quantitative estimate of drug-likeness (QED) is 0.637. The first-order chi connectivity index (χ1) is 12.4. The molecule has 0 saturated carbocycles. The summed E-state index contributed by atoms with van der Waals surface area (Å²) < 4.78 is 51.1. The second-order valence-corrected chi connectivity index (χ2v) is 6.21. The van der Waals surface area contributed by atoms with Gasteiger partial charge in [0.2, 0.25) is 6.79 Å². The monoisotopic (exact) mass is 359 g/mol. The number of ether oxygens (including phenoxy) is 2. The zero-order valence-corrected chi connectivity index (χ0v) is 14.0. The van der Waals surface area contributed by atoms with E-state index >= 15 is 0 Å². The number of nitrogens with zero attached hydrogens (tertiary/aromatic N) is 1. The van der Waals surface area contributed by atoms with Gasteiger partial charge in [-0.1, -0.05) is 18.2 Å². The average molecular weight is 359 g/mol. The Bertz CT molecular complexity index is 943. The summed E-state index contributed by atoms with van der Waals surface area (Å²) in [6.07, 6.45) is -4.33. The van der Waals surface area contributed by atoms with Crippen molar-refractivity contribution >= 4 is 0 Å². The van der Waals surface area contributed by atoms with Crippen molar-refractivity contribution < 1.29 is 22.6 Å². The van der Waals surface area contributed by atoms with Crippen LogP contribution in [0.15, 0.2) is 54.6 Å². The Balaban J connectivity index is 1.65. The smallest absolute Gasteiger partial charge is 0.416 e. The highest BCUT2D eigenvalue weighted by atomic mass is 19.4. The van der Waals surface area contributed by atoms with Crippen LogP contribution < -0.4 is 9.47 Å². The van der Waals surface area contributed by atoms with Crippen molar-refractivity contribution in [3.63, 3.8) is 0 Å². The molecule has 0 saturated heterocycles. The van der Waals surface area contributed by atoms with Gasteiger partial charge in [0.05, 0.1) is 5.56 Å². The summed E-state index contributed by atoms with van der Waals surface area (Å²) in [6.45, 7) is 2.78. The van der Waals surface area contributed by atoms with Crippen LogP contribution in [0.1, 0.15) is 16.8 Å². The topological polar surface area (TPSA) is 23.4 Å². The van der Waals surface area contributed by atoms with Crippen molar-refractivity contribution in [1.82, 2.24) is 4.57 Å². The van der Waals surface area contributed by atoms with E-state index in [-0.39, 0.29) is 6.79 Å². The van der Waals surface area contributed by atoms with Crippen LogP contribution in [0.2, 0.25) is 0 Å². The van der Waals surface area contributed by atoms with Crippen molar-refractivity contribution in [2.24, 2.45) is 0 Å². The number of fused-ring (bicyclic) bond motifs is 1. The number of benzene rings is 2. The van der Waals surface area contributed by atoms with E-state index in [0.29, 0.717) is 12.3 Å². The molecule has 0 spiro atoms. The summed E-state index contributed by atoms with van der Waals surface area (Å²) in [6, 6.07) is 14.9. The fourth-order valence-corrected chi connectivity index (χ4v) is 3.08. The molecule has 134 valence electrons. The molecule has 0 bridgehead atoms. The fraction of sp³-hybridized carbons (Fsp3) is 0.200. The molecule has 3 aromatic rings. The maximum Gasteiger partial charge on any atom is 0.416 e. The van der Waals surface area contributed by atoms with Crippen LogP contribution in [0.5, 0.6) is 11.5 Å². The van der Waals surface area contributed by atoms with Gasteiger partial charge in [0.25, 0.3) is 0 Å². The molecule has 3 nitrogen and oxygen atoms in total. The van der Waals surface area contributed by atoms with Gasteiger partial charge in [0.1, 0.15) is 0 Å². The number of alkyl halides is 3. The predicted octanol–water partition coefficient (Wildman–Crippen LogP) is 5.26. The highest BCUT2D eigenvalue weighted by Crippen LogP contribution is 2.34. The summed E-state index contributed by atoms with van der Waals surface area (Å²) in [4.78, 5) is 0. The first kappa shape index (κ1) is 16.6. The molecule has 0 atom stereocenters. The Hall–Kier alpha value is -2.89. The molecule has 6 heteroatoms. The van der Waals surface area contributed by atoms with Crippen LogP contribution in [0, 0.1) is 6.92 Å². The first-order valence-corrected chi connectivity index (χ1v) is 8.14. The number of aromatic nitrogens is 1. The minimum Gasteiger partial charge on any atom is -0.454 e. The lowest BCUT2D eigenvalue weighted by Gasteiger charge is -2.13. The predicted molar refractivity (Wildman–Crippen MR) is 91.3 cm³/mol. The van der Waals surface area contributed by atoms with Crippen LogP contribution in [-0.4, -0.2) is 11.4 Å². The zero-order chi connectivity index (χ0) is 18.3. The number of hydrogen-bond acceptors (Lipinski definition) is 2. The number of halogens is 3. The lowest BCUT2D eigenvalue weighted by atomic mass is 10.1. The molecule has 1 aliphatic rings. The third kappa shape index (κ3) is 3.03. The van der Waals surface area contributed by atoms with E-state index in [1.807, 2.05) is 37.3 Å². The summed E-state index contributed by atoms with van der Waals surface area (Å²) in [7, 11) is 0. The molecule has 0 unspecified atom stereocenters. The van der Waals surface area contributed by atoms with Crippen molar-refractivity contribution in [3.05, 3.63) is 71.4 Å². The Kier molecular flexibility index (Phi) is 3.90. The first-order valence-electron chi connectivity index (χ1n) is 8.14. The van der Waals surface area contributed by atoms with E-state index in [0.717, 1.165) is 40.4 Å². The second kappa shape index (κ2) is 6.12. The molecule has 0 aliphatic carbocycles. The Morgan fingerprint density at radius 1 is 0.923 bits per heavy atom. The number of aryl methyl sites for hydroxylation is 1. The molecule has 0 radical (unpaired) electrons. The third-order valence-electron chi connectivity index (χ3n) is 4.48. The average Bonchev–Trinajstić information content (AvgIpc) is 3.21. The Labute approximate surface area is 148 Å². The molecule has 1 aliphatic heterocycles. The molecule has 1 aromatic heterocycles. The summed E-state index contributed by atoms with van der Waals surface area (Å²) in [5, 5.41) is 0. The van der Waals surface area contributed by atoms with Crippen molar-refractivity contribution in [2.45, 2.75) is 19.6 Å². The van der Waals surface area contributed by atoms with Gasteiger partial charge in [-0.3, -0.25) is 0 Å². The SMILES string of the molecule is Cc1ccc(-c2ccc(C(F)(F)F)cc2)n1Cc1ccc2c(c1)OCO2. The van der Waals surface area contributed by atoms with Gasteiger partial charge in [-0.05, 0) is 54.4 Å². The van der Waals surface area contributed by atoms with Gasteiger partial charge in [0.15, 0.2) is 11.5 Å². The van der Waals surface area contributed by atoms with Gasteiger partial charge >= 0.3 is 6.18 Å². The van der Waals surface area contributed by atoms with E-state index < -0.39 is 11.7 Å². The normalized spacial score (nSPS) is 13.2. The third-order valence-corrected chi connectivity index (χ3v) is 4.48. The molecular weight excluding hydrogens is 343 g/mol. The Morgan fingerprint density at radius 2 is 1.65 bits per heavy atom. The van der Waals surface area contributed by atoms with Gasteiger partial charge in [-0.15, -0.1) is 0 Å². The molecule has 0 fully saturated rings. The van der Waals surface area contributed by atoms with Crippen molar-refractivity contribution in [2.75, 3.05) is 6.79 Å². The largest absolute Gasteiger partial charge is 0.454 e. The highest BCUT2D eigenvalue weighted by Gasteiger charge is 2.30. The minimum atomic E-state index is -4.33. The minimum absolute atomic E-state index is 0.220. The van der Waals surface area contributed by atoms with E-state index in [9.17, 15) is 13.2 Å². The van der Waals surface area contributed by atoms with E-state index in [1.165, 1.54) is 12.1 Å².